The van der Waals surface area contributed by atoms with Gasteiger partial charge in [0.2, 0.25) is 11.8 Å². The summed E-state index contributed by atoms with van der Waals surface area (Å²) < 4.78 is 73.6. The van der Waals surface area contributed by atoms with E-state index in [0.29, 0.717) is 165 Å². The number of hydrogen-bond donors (Lipinski definition) is 3. The second-order valence-corrected chi connectivity index (χ2v) is 25.3. The van der Waals surface area contributed by atoms with Crippen molar-refractivity contribution < 1.29 is 110 Å². The summed E-state index contributed by atoms with van der Waals surface area (Å²) in [5.41, 5.74) is 2.37. The molecule has 0 aromatic heterocycles. The second-order valence-electron chi connectivity index (χ2n) is 25.3. The van der Waals surface area contributed by atoms with Gasteiger partial charge in [-0.25, -0.2) is 9.69 Å². The summed E-state index contributed by atoms with van der Waals surface area (Å²) in [5, 5.41) is 17.4. The first-order valence-corrected chi connectivity index (χ1v) is 35.3. The molecule has 8 rings (SSSR count). The first-order chi connectivity index (χ1) is 50.0. The van der Waals surface area contributed by atoms with Gasteiger partial charge in [0, 0.05) is 94.7 Å². The number of Topliss-reactive ketones (excluding diaryl/α,β-unsaturated/α-hetero) is 2. The highest BCUT2D eigenvalue weighted by Crippen LogP contribution is 2.42. The second kappa shape index (κ2) is 42.3. The molecule has 0 aliphatic carbocycles. The first-order valence-electron chi connectivity index (χ1n) is 35.3. The Labute approximate surface area is 600 Å². The van der Waals surface area contributed by atoms with Gasteiger partial charge in [0.05, 0.1) is 174 Å². The number of hydrogen-bond acceptors (Lipinski definition) is 24. The molecular formula is C73H99N7O23. The van der Waals surface area contributed by atoms with E-state index in [4.69, 9.17) is 61.6 Å². The Bertz CT molecular complexity index is 3370. The number of carbonyl (C=O) groups is 9. The third-order valence-electron chi connectivity index (χ3n) is 17.8. The van der Waals surface area contributed by atoms with E-state index in [9.17, 15) is 48.3 Å². The van der Waals surface area contributed by atoms with E-state index in [2.05, 4.69) is 15.6 Å². The molecule has 5 aliphatic heterocycles. The van der Waals surface area contributed by atoms with Gasteiger partial charge in [-0.2, -0.15) is 0 Å². The Morgan fingerprint density at radius 3 is 1.71 bits per heavy atom. The fraction of sp³-hybridized carbons (Fsp3) is 0.589. The number of amides is 7. The molecule has 5 atom stereocenters. The smallest absolute Gasteiger partial charge is 0.416 e. The van der Waals surface area contributed by atoms with Gasteiger partial charge >= 0.3 is 6.09 Å². The first kappa shape index (κ1) is 80.2. The predicted octanol–water partition coefficient (Wildman–Crippen LogP) is 4.75. The Balaban J connectivity index is 0.644. The van der Waals surface area contributed by atoms with Crippen LogP contribution in [0.25, 0.3) is 0 Å². The average Bonchev–Trinajstić information content (AvgIpc) is 1.64. The lowest BCUT2D eigenvalue weighted by atomic mass is 9.88. The molecule has 0 bridgehead atoms. The van der Waals surface area contributed by atoms with E-state index in [0.717, 1.165) is 22.6 Å². The third-order valence-corrected chi connectivity index (χ3v) is 17.8. The van der Waals surface area contributed by atoms with Gasteiger partial charge in [-0.1, -0.05) is 38.1 Å². The predicted molar refractivity (Wildman–Crippen MR) is 372 cm³/mol. The van der Waals surface area contributed by atoms with Crippen molar-refractivity contribution in [3.63, 3.8) is 0 Å². The number of ether oxygens (including phenoxy) is 13. The van der Waals surface area contributed by atoms with Crippen LogP contribution in [0.4, 0.5) is 16.2 Å². The lowest BCUT2D eigenvalue weighted by Crippen LogP contribution is -2.50. The van der Waals surface area contributed by atoms with Gasteiger partial charge in [0.1, 0.15) is 12.4 Å². The van der Waals surface area contributed by atoms with Crippen LogP contribution in [0, 0.1) is 11.8 Å². The summed E-state index contributed by atoms with van der Waals surface area (Å²) in [6.07, 6.45) is 5.14. The minimum atomic E-state index is -1.46. The summed E-state index contributed by atoms with van der Waals surface area (Å²) >= 11 is 0. The summed E-state index contributed by atoms with van der Waals surface area (Å²) in [6.45, 7) is 12.4. The fourth-order valence-electron chi connectivity index (χ4n) is 12.0. The van der Waals surface area contributed by atoms with Gasteiger partial charge in [0.25, 0.3) is 23.6 Å². The maximum Gasteiger partial charge on any atom is 0.416 e. The fourth-order valence-corrected chi connectivity index (χ4v) is 12.0. The monoisotopic (exact) mass is 1440 g/mol. The van der Waals surface area contributed by atoms with Crippen molar-refractivity contribution in [2.75, 3.05) is 164 Å². The number of nitrogens with zero attached hydrogens (tertiary/aromatic N) is 5. The zero-order chi connectivity index (χ0) is 73.5. The molecule has 2 fully saturated rings. The zero-order valence-electron chi connectivity index (χ0n) is 59.6. The molecule has 3 aromatic rings. The molecule has 1 unspecified atom stereocenters. The van der Waals surface area contributed by atoms with Crippen LogP contribution in [0.3, 0.4) is 0 Å². The minimum Gasteiger partial charge on any atom is -0.493 e. The van der Waals surface area contributed by atoms with Crippen LogP contribution in [0.15, 0.2) is 65.7 Å². The van der Waals surface area contributed by atoms with Crippen LogP contribution >= 0.6 is 0 Å². The van der Waals surface area contributed by atoms with Crippen molar-refractivity contribution in [2.45, 2.75) is 110 Å². The number of ketones is 2. The molecule has 7 amide bonds. The summed E-state index contributed by atoms with van der Waals surface area (Å²) in [6, 6.07) is 11.6. The van der Waals surface area contributed by atoms with Crippen molar-refractivity contribution in [1.82, 2.24) is 25.3 Å². The number of rotatable bonds is 48. The van der Waals surface area contributed by atoms with E-state index in [-0.39, 0.29) is 129 Å². The van der Waals surface area contributed by atoms with Crippen LogP contribution in [0.5, 0.6) is 23.0 Å². The lowest BCUT2D eigenvalue weighted by molar-refractivity contribution is -0.137. The van der Waals surface area contributed by atoms with E-state index >= 15 is 0 Å². The van der Waals surface area contributed by atoms with Gasteiger partial charge in [-0.15, -0.1) is 0 Å². The van der Waals surface area contributed by atoms with Crippen LogP contribution in [-0.4, -0.2) is 263 Å². The quantitative estimate of drug-likeness (QED) is 0.0507. The van der Waals surface area contributed by atoms with Crippen molar-refractivity contribution in [1.29, 1.82) is 0 Å². The molecule has 5 aliphatic rings. The van der Waals surface area contributed by atoms with Gasteiger partial charge in [-0.3, -0.25) is 48.2 Å². The Morgan fingerprint density at radius 2 is 1.13 bits per heavy atom. The highest BCUT2D eigenvalue weighted by atomic mass is 16.6. The van der Waals surface area contributed by atoms with Crippen molar-refractivity contribution in [3.05, 3.63) is 82.9 Å². The van der Waals surface area contributed by atoms with E-state index in [1.165, 1.54) is 38.5 Å². The highest BCUT2D eigenvalue weighted by Gasteiger charge is 2.46. The number of aliphatic hydroxyl groups is 1. The number of nitrogens with one attached hydrogen (secondary N) is 2. The number of methoxy groups -OCH3 is 2. The lowest BCUT2D eigenvalue weighted by Gasteiger charge is -2.31. The number of benzene rings is 3. The molecule has 5 heterocycles. The molecular weight excluding hydrogens is 1340 g/mol. The zero-order valence-corrected chi connectivity index (χ0v) is 59.6. The molecule has 0 spiro atoms. The Kier molecular flexibility index (Phi) is 33.0. The highest BCUT2D eigenvalue weighted by molar-refractivity contribution is 6.13. The number of carbonyl (C=O) groups excluding carboxylic acids is 9. The summed E-state index contributed by atoms with van der Waals surface area (Å²) in [7, 11) is 2.94. The van der Waals surface area contributed by atoms with Gasteiger partial charge < -0.3 is 87.1 Å². The van der Waals surface area contributed by atoms with Crippen LogP contribution in [-0.2, 0) is 84.4 Å². The average molecular weight is 1440 g/mol. The summed E-state index contributed by atoms with van der Waals surface area (Å²) in [4.78, 5) is 127. The molecule has 3 aromatic carbocycles. The molecule has 30 heteroatoms. The standard InChI is InChI=1S/C73H99N7O23/c1-49(2)55(42-54(81)18-25-93-27-29-95-31-33-97-35-37-99-39-40-100-38-36-98-34-32-96-30-28-94-26-19-74-66(83)17-22-79-67(84)15-16-68(79)85)69(86)76-50(3)61(82)41-51-11-13-52(14-12-51)48-103-73(90)80-60-46-65(63(92-5)44-57(60)71(88)78-21-7-10-59(78)72(80)89)102-24-8-23-101-64-45-58-56(43-62(64)91-4)70(87)77-20-6-9-53(77)47-75-58/h11-16,43-47,49-50,53,55,59,72,89H,6-10,17-42,48H2,1-5H3,(H,74,83)(H,76,86)/t50-,53-,55-,59-,72?/m0/s1. The normalized spacial score (nSPS) is 17.4. The van der Waals surface area contributed by atoms with Crippen LogP contribution < -0.4 is 34.5 Å². The topological polar surface area (TPSA) is 343 Å². The molecule has 564 valence electrons. The number of aliphatic hydroxyl groups excluding tert-OH is 1. The third kappa shape index (κ3) is 24.3. The SMILES string of the molecule is COc1cc2c(cc1OCCCOc1cc3c(cc1OC)C(=O)N1CCC[C@H]1C(O)N3C(=O)OCc1ccc(CC(=O)[C@H](C)NC(=O)[C@@H](CC(=O)CCOCCOCCOCCOCCOCCOCCOCCOCCNC(=O)CCN3C(=O)C=CC3=O)C(C)C)cc1)N=C[C@@H]1CCCN1C2=O. The molecule has 30 nitrogen and oxygen atoms in total. The summed E-state index contributed by atoms with van der Waals surface area (Å²) in [5.74, 6) is -1.99. The minimum absolute atomic E-state index is 0.00899. The number of aliphatic imine (C=N–C) groups is 1. The molecule has 3 N–H and O–H groups in total. The van der Waals surface area contributed by atoms with E-state index < -0.39 is 48.0 Å². The Morgan fingerprint density at radius 1 is 0.602 bits per heavy atom. The number of fused-ring (bicyclic) bond motifs is 4. The van der Waals surface area contributed by atoms with Crippen LogP contribution in [0.2, 0.25) is 0 Å². The largest absolute Gasteiger partial charge is 0.493 e. The number of imide groups is 1. The maximum atomic E-state index is 14.2. The van der Waals surface area contributed by atoms with Gasteiger partial charge in [0.15, 0.2) is 35.0 Å². The number of anilines is 1. The molecule has 103 heavy (non-hydrogen) atoms. The van der Waals surface area contributed by atoms with Crippen molar-refractivity contribution in [2.24, 2.45) is 16.8 Å². The van der Waals surface area contributed by atoms with E-state index in [1.807, 2.05) is 25.0 Å². The molecule has 0 radical (unpaired) electrons. The van der Waals surface area contributed by atoms with E-state index in [1.54, 1.807) is 48.2 Å². The van der Waals surface area contributed by atoms with Crippen molar-refractivity contribution in [3.8, 4) is 23.0 Å². The Hall–Kier alpha value is -8.46. The van der Waals surface area contributed by atoms with Crippen LogP contribution in [0.1, 0.15) is 104 Å². The molecule has 0 saturated carbocycles. The molecule has 2 saturated heterocycles. The maximum absolute atomic E-state index is 14.2. The van der Waals surface area contributed by atoms with Crippen molar-refractivity contribution >= 4 is 70.7 Å². The van der Waals surface area contributed by atoms with Gasteiger partial charge in [-0.05, 0) is 61.8 Å².